The van der Waals surface area contributed by atoms with Gasteiger partial charge in [0.15, 0.2) is 0 Å². The third-order valence-corrected chi connectivity index (χ3v) is 7.08. The van der Waals surface area contributed by atoms with E-state index < -0.39 is 17.9 Å². The zero-order chi connectivity index (χ0) is 26.7. The van der Waals surface area contributed by atoms with E-state index in [1.165, 1.54) is 16.0 Å². The Morgan fingerprint density at radius 2 is 1.53 bits per heavy atom. The van der Waals surface area contributed by atoms with Crippen LogP contribution < -0.4 is 4.90 Å². The van der Waals surface area contributed by atoms with Crippen molar-refractivity contribution in [1.29, 1.82) is 0 Å². The second kappa shape index (κ2) is 10.9. The summed E-state index contributed by atoms with van der Waals surface area (Å²) < 4.78 is 5.55. The van der Waals surface area contributed by atoms with Crippen LogP contribution in [0.4, 0.5) is 10.5 Å². The van der Waals surface area contributed by atoms with Gasteiger partial charge >= 0.3 is 6.09 Å². The van der Waals surface area contributed by atoms with E-state index in [0.29, 0.717) is 13.0 Å². The van der Waals surface area contributed by atoms with E-state index in [-0.39, 0.29) is 5.92 Å². The number of amides is 1. The van der Waals surface area contributed by atoms with Gasteiger partial charge in [0.05, 0.1) is 0 Å². The molecule has 1 aliphatic heterocycles. The van der Waals surface area contributed by atoms with Gasteiger partial charge in [0, 0.05) is 31.2 Å². The summed E-state index contributed by atoms with van der Waals surface area (Å²) in [4.78, 5) is 16.6. The van der Waals surface area contributed by atoms with Crippen molar-refractivity contribution in [3.63, 3.8) is 0 Å². The highest BCUT2D eigenvalue weighted by Crippen LogP contribution is 2.38. The van der Waals surface area contributed by atoms with Gasteiger partial charge in [-0.1, -0.05) is 84.9 Å². The van der Waals surface area contributed by atoms with Crippen LogP contribution in [0.15, 0.2) is 97.1 Å². The first kappa shape index (κ1) is 25.8. The molecule has 5 heteroatoms. The Morgan fingerprint density at radius 3 is 2.13 bits per heavy atom. The summed E-state index contributed by atoms with van der Waals surface area (Å²) in [5.74, 6) is -0.182. The van der Waals surface area contributed by atoms with Gasteiger partial charge in [-0.2, -0.15) is 0 Å². The van der Waals surface area contributed by atoms with E-state index in [1.807, 2.05) is 39.0 Å². The summed E-state index contributed by atoms with van der Waals surface area (Å²) in [6, 6.07) is 33.8. The number of hydrogen-bond donors (Lipinski definition) is 1. The second-order valence-corrected chi connectivity index (χ2v) is 11.1. The van der Waals surface area contributed by atoms with E-state index >= 15 is 0 Å². The summed E-state index contributed by atoms with van der Waals surface area (Å²) in [6.07, 6.45) is -0.712. The lowest BCUT2D eigenvalue weighted by Crippen LogP contribution is -2.41. The number of fused-ring (bicyclic) bond motifs is 1. The van der Waals surface area contributed by atoms with E-state index in [0.717, 1.165) is 35.1 Å². The summed E-state index contributed by atoms with van der Waals surface area (Å²) in [7, 11) is 0. The van der Waals surface area contributed by atoms with Crippen molar-refractivity contribution in [2.75, 3.05) is 11.4 Å². The SMILES string of the molecule is CC(C)(C)OC(=O)N1CCC(c2cccc3ccc(N(Cc4ccccc4)Cc4ccccc4)cc23)C1O. The number of benzene rings is 4. The van der Waals surface area contributed by atoms with Gasteiger partial charge in [0.2, 0.25) is 0 Å². The molecule has 1 N–H and O–H groups in total. The average molecular weight is 509 g/mol. The van der Waals surface area contributed by atoms with Crippen LogP contribution in [0.3, 0.4) is 0 Å². The highest BCUT2D eigenvalue weighted by atomic mass is 16.6. The Bertz CT molecular complexity index is 1340. The monoisotopic (exact) mass is 508 g/mol. The average Bonchev–Trinajstić information content (AvgIpc) is 3.29. The molecule has 0 spiro atoms. The molecule has 0 bridgehead atoms. The summed E-state index contributed by atoms with van der Waals surface area (Å²) in [6.45, 7) is 7.55. The Balaban J connectivity index is 1.48. The number of ether oxygens (including phenoxy) is 1. The van der Waals surface area contributed by atoms with Crippen molar-refractivity contribution in [2.24, 2.45) is 0 Å². The van der Waals surface area contributed by atoms with Gasteiger partial charge < -0.3 is 14.7 Å². The highest BCUT2D eigenvalue weighted by Gasteiger charge is 2.39. The zero-order valence-electron chi connectivity index (χ0n) is 22.4. The predicted octanol–water partition coefficient (Wildman–Crippen LogP) is 7.09. The predicted molar refractivity (Wildman–Crippen MR) is 153 cm³/mol. The second-order valence-electron chi connectivity index (χ2n) is 11.1. The number of likely N-dealkylation sites (tertiary alicyclic amines) is 1. The minimum atomic E-state index is -0.927. The number of aliphatic hydroxyl groups is 1. The third kappa shape index (κ3) is 5.84. The molecule has 0 radical (unpaired) electrons. The van der Waals surface area contributed by atoms with E-state index in [9.17, 15) is 9.90 Å². The van der Waals surface area contributed by atoms with Crippen LogP contribution in [0.1, 0.15) is 49.8 Å². The minimum Gasteiger partial charge on any atom is -0.444 e. The molecule has 4 aromatic rings. The number of hydrogen-bond acceptors (Lipinski definition) is 4. The number of carbonyl (C=O) groups excluding carboxylic acids is 1. The van der Waals surface area contributed by atoms with Gasteiger partial charge in [0.25, 0.3) is 0 Å². The molecule has 196 valence electrons. The standard InChI is InChI=1S/C33H36N2O3/c1-33(2,3)38-32(37)35-20-19-29(31(35)36)28-16-10-15-26-17-18-27(21-30(26)28)34(22-24-11-6-4-7-12-24)23-25-13-8-5-9-14-25/h4-18,21,29,31,36H,19-20,22-23H2,1-3H3. The molecule has 2 atom stereocenters. The van der Waals surface area contributed by atoms with Crippen molar-refractivity contribution < 1.29 is 14.6 Å². The van der Waals surface area contributed by atoms with Crippen molar-refractivity contribution in [2.45, 2.75) is 58.0 Å². The van der Waals surface area contributed by atoms with Crippen molar-refractivity contribution in [3.05, 3.63) is 114 Å². The van der Waals surface area contributed by atoms with Crippen LogP contribution >= 0.6 is 0 Å². The van der Waals surface area contributed by atoms with Gasteiger partial charge in [-0.15, -0.1) is 0 Å². The zero-order valence-corrected chi connectivity index (χ0v) is 22.4. The molecule has 1 fully saturated rings. The molecule has 0 saturated carbocycles. The van der Waals surface area contributed by atoms with Crippen LogP contribution in [-0.4, -0.2) is 34.5 Å². The Labute approximate surface area is 225 Å². The van der Waals surface area contributed by atoms with Crippen LogP contribution in [-0.2, 0) is 17.8 Å². The smallest absolute Gasteiger partial charge is 0.412 e. The largest absolute Gasteiger partial charge is 0.444 e. The summed E-state index contributed by atoms with van der Waals surface area (Å²) >= 11 is 0. The van der Waals surface area contributed by atoms with Crippen molar-refractivity contribution in [1.82, 2.24) is 4.90 Å². The van der Waals surface area contributed by atoms with Crippen LogP contribution in [0, 0.1) is 0 Å². The van der Waals surface area contributed by atoms with Crippen LogP contribution in [0.25, 0.3) is 10.8 Å². The van der Waals surface area contributed by atoms with Crippen molar-refractivity contribution in [3.8, 4) is 0 Å². The molecule has 1 saturated heterocycles. The van der Waals surface area contributed by atoms with Gasteiger partial charge in [-0.25, -0.2) is 4.79 Å². The van der Waals surface area contributed by atoms with Gasteiger partial charge in [-0.3, -0.25) is 4.90 Å². The highest BCUT2D eigenvalue weighted by molar-refractivity contribution is 5.89. The fourth-order valence-electron chi connectivity index (χ4n) is 5.26. The molecular formula is C33H36N2O3. The number of nitrogens with zero attached hydrogens (tertiary/aromatic N) is 2. The molecule has 38 heavy (non-hydrogen) atoms. The first-order valence-corrected chi connectivity index (χ1v) is 13.3. The molecule has 4 aromatic carbocycles. The number of aliphatic hydroxyl groups excluding tert-OH is 1. The molecule has 5 nitrogen and oxygen atoms in total. The summed E-state index contributed by atoms with van der Waals surface area (Å²) in [5.41, 5.74) is 4.06. The third-order valence-electron chi connectivity index (χ3n) is 7.08. The fourth-order valence-corrected chi connectivity index (χ4v) is 5.26. The van der Waals surface area contributed by atoms with Gasteiger partial charge in [0.1, 0.15) is 11.8 Å². The Hall–Kier alpha value is -3.83. The molecule has 1 aliphatic rings. The fraction of sp³-hybridized carbons (Fsp3) is 0.303. The number of anilines is 1. The van der Waals surface area contributed by atoms with Crippen molar-refractivity contribution >= 4 is 22.6 Å². The maximum Gasteiger partial charge on any atom is 0.412 e. The molecule has 0 aromatic heterocycles. The van der Waals surface area contributed by atoms with E-state index in [2.05, 4.69) is 83.8 Å². The minimum absolute atomic E-state index is 0.182. The van der Waals surface area contributed by atoms with E-state index in [4.69, 9.17) is 4.74 Å². The molecule has 0 aliphatic carbocycles. The molecule has 1 heterocycles. The Morgan fingerprint density at radius 1 is 0.895 bits per heavy atom. The first-order valence-electron chi connectivity index (χ1n) is 13.3. The normalized spacial score (nSPS) is 17.5. The maximum absolute atomic E-state index is 12.7. The number of carbonyl (C=O) groups is 1. The lowest BCUT2D eigenvalue weighted by Gasteiger charge is -2.28. The lowest BCUT2D eigenvalue weighted by atomic mass is 9.91. The van der Waals surface area contributed by atoms with Crippen LogP contribution in [0.2, 0.25) is 0 Å². The lowest BCUT2D eigenvalue weighted by molar-refractivity contribution is -0.0171. The Kier molecular flexibility index (Phi) is 7.39. The van der Waals surface area contributed by atoms with Crippen LogP contribution in [0.5, 0.6) is 0 Å². The topological polar surface area (TPSA) is 53.0 Å². The molecule has 1 amide bonds. The molecular weight excluding hydrogens is 472 g/mol. The van der Waals surface area contributed by atoms with Gasteiger partial charge in [-0.05, 0) is 66.8 Å². The van der Waals surface area contributed by atoms with E-state index in [1.54, 1.807) is 0 Å². The summed E-state index contributed by atoms with van der Waals surface area (Å²) in [5, 5.41) is 13.4. The molecule has 2 unspecified atom stereocenters. The maximum atomic E-state index is 12.7. The first-order chi connectivity index (χ1) is 18.3. The molecule has 5 rings (SSSR count). The quantitative estimate of drug-likeness (QED) is 0.302. The number of rotatable bonds is 6.